The van der Waals surface area contributed by atoms with Crippen LogP contribution in [0, 0.1) is 6.92 Å². The van der Waals surface area contributed by atoms with Crippen molar-refractivity contribution >= 4 is 10.0 Å². The summed E-state index contributed by atoms with van der Waals surface area (Å²) in [5.41, 5.74) is 1.41. The fraction of sp³-hybridized carbons (Fsp3) is 0.267. The van der Waals surface area contributed by atoms with Gasteiger partial charge in [0.2, 0.25) is 10.0 Å². The number of nitrogens with zero attached hydrogens (tertiary/aromatic N) is 1. The van der Waals surface area contributed by atoms with Crippen molar-refractivity contribution in [3.63, 3.8) is 0 Å². The van der Waals surface area contributed by atoms with Crippen molar-refractivity contribution in [3.8, 4) is 11.5 Å². The van der Waals surface area contributed by atoms with Crippen LogP contribution in [0.3, 0.4) is 0 Å². The van der Waals surface area contributed by atoms with E-state index in [1.165, 1.54) is 20.3 Å². The summed E-state index contributed by atoms with van der Waals surface area (Å²) in [4.78, 5) is 4.03. The van der Waals surface area contributed by atoms with Crippen molar-refractivity contribution in [2.75, 3.05) is 14.2 Å². The molecule has 0 amide bonds. The van der Waals surface area contributed by atoms with Crippen molar-refractivity contribution in [1.29, 1.82) is 0 Å². The Morgan fingerprint density at radius 3 is 2.55 bits per heavy atom. The van der Waals surface area contributed by atoms with E-state index in [1.54, 1.807) is 37.5 Å². The summed E-state index contributed by atoms with van der Waals surface area (Å²) in [5.74, 6) is 0.848. The van der Waals surface area contributed by atoms with Crippen LogP contribution in [0.15, 0.2) is 41.6 Å². The molecule has 2 rings (SSSR count). The molecule has 1 heterocycles. The van der Waals surface area contributed by atoms with Gasteiger partial charge in [-0.15, -0.1) is 0 Å². The number of methoxy groups -OCH3 is 2. The zero-order valence-corrected chi connectivity index (χ0v) is 13.5. The summed E-state index contributed by atoms with van der Waals surface area (Å²) < 4.78 is 37.9. The molecule has 0 aliphatic carbocycles. The van der Waals surface area contributed by atoms with Gasteiger partial charge in [0, 0.05) is 24.5 Å². The Morgan fingerprint density at radius 1 is 1.18 bits per heavy atom. The molecular formula is C15H18N2O4S. The molecular weight excluding hydrogens is 304 g/mol. The molecule has 7 heteroatoms. The maximum Gasteiger partial charge on any atom is 0.244 e. The predicted octanol–water partition coefficient (Wildman–Crippen LogP) is 1.89. The number of nitrogens with one attached hydrogen (secondary N) is 1. The predicted molar refractivity (Wildman–Crippen MR) is 82.5 cm³/mol. The lowest BCUT2D eigenvalue weighted by atomic mass is 10.2. The quantitative estimate of drug-likeness (QED) is 0.879. The van der Waals surface area contributed by atoms with E-state index in [1.807, 2.05) is 0 Å². The van der Waals surface area contributed by atoms with Crippen molar-refractivity contribution in [2.24, 2.45) is 0 Å². The zero-order chi connectivity index (χ0) is 16.2. The zero-order valence-electron chi connectivity index (χ0n) is 12.7. The minimum Gasteiger partial charge on any atom is -0.496 e. The van der Waals surface area contributed by atoms with Gasteiger partial charge in [-0.2, -0.15) is 0 Å². The molecule has 6 nitrogen and oxygen atoms in total. The summed E-state index contributed by atoms with van der Waals surface area (Å²) in [6.45, 7) is 1.90. The highest BCUT2D eigenvalue weighted by molar-refractivity contribution is 7.89. The molecule has 0 spiro atoms. The lowest BCUT2D eigenvalue weighted by Gasteiger charge is -2.15. The van der Waals surface area contributed by atoms with Gasteiger partial charge in [0.15, 0.2) is 0 Å². The molecule has 0 bridgehead atoms. The lowest BCUT2D eigenvalue weighted by molar-refractivity contribution is 0.380. The lowest BCUT2D eigenvalue weighted by Crippen LogP contribution is -2.24. The Balaban J connectivity index is 2.31. The fourth-order valence-electron chi connectivity index (χ4n) is 2.09. The smallest absolute Gasteiger partial charge is 0.244 e. The maximum absolute atomic E-state index is 12.5. The number of hydrogen-bond donors (Lipinski definition) is 1. The molecule has 0 saturated heterocycles. The summed E-state index contributed by atoms with van der Waals surface area (Å²) in [6.07, 6.45) is 3.24. The third-order valence-electron chi connectivity index (χ3n) is 3.22. The molecule has 0 aliphatic heterocycles. The fourth-order valence-corrected chi connectivity index (χ4v) is 3.33. The molecule has 2 aromatic rings. The second-order valence-corrected chi connectivity index (χ2v) is 6.35. The summed E-state index contributed by atoms with van der Waals surface area (Å²) in [6, 6.07) is 6.63. The van der Waals surface area contributed by atoms with Crippen LogP contribution in [0.2, 0.25) is 0 Å². The largest absolute Gasteiger partial charge is 0.496 e. The van der Waals surface area contributed by atoms with Gasteiger partial charge in [-0.05, 0) is 30.7 Å². The van der Waals surface area contributed by atoms with Crippen LogP contribution < -0.4 is 14.2 Å². The molecule has 0 fully saturated rings. The second-order valence-electron chi connectivity index (χ2n) is 4.61. The van der Waals surface area contributed by atoms with Crippen LogP contribution in [-0.2, 0) is 16.6 Å². The standard InChI is InChI=1S/C15H18N2O4S/c1-11-13(20-2)6-7-14(15(11)21-3)22(18,19)17-10-12-5-4-8-16-9-12/h4-9,17H,10H2,1-3H3. The second kappa shape index (κ2) is 6.76. The minimum atomic E-state index is -3.71. The van der Waals surface area contributed by atoms with E-state index in [9.17, 15) is 8.42 Å². The normalized spacial score (nSPS) is 11.2. The maximum atomic E-state index is 12.5. The molecule has 0 aliphatic rings. The number of pyridine rings is 1. The van der Waals surface area contributed by atoms with Crippen molar-refractivity contribution < 1.29 is 17.9 Å². The summed E-state index contributed by atoms with van der Waals surface area (Å²) >= 11 is 0. The van der Waals surface area contributed by atoms with Crippen LogP contribution in [0.4, 0.5) is 0 Å². The van der Waals surface area contributed by atoms with E-state index in [0.717, 1.165) is 5.56 Å². The van der Waals surface area contributed by atoms with Crippen molar-refractivity contribution in [1.82, 2.24) is 9.71 Å². The van der Waals surface area contributed by atoms with Crippen LogP contribution >= 0.6 is 0 Å². The molecule has 0 atom stereocenters. The first-order chi connectivity index (χ1) is 10.5. The van der Waals surface area contributed by atoms with Gasteiger partial charge >= 0.3 is 0 Å². The Labute approximate surface area is 130 Å². The van der Waals surface area contributed by atoms with E-state index in [4.69, 9.17) is 9.47 Å². The number of aromatic nitrogens is 1. The highest BCUT2D eigenvalue weighted by Crippen LogP contribution is 2.33. The molecule has 22 heavy (non-hydrogen) atoms. The molecule has 0 saturated carbocycles. The minimum absolute atomic E-state index is 0.0807. The topological polar surface area (TPSA) is 77.5 Å². The first-order valence-corrected chi connectivity index (χ1v) is 8.08. The van der Waals surface area contributed by atoms with Crippen molar-refractivity contribution in [3.05, 3.63) is 47.8 Å². The first-order valence-electron chi connectivity index (χ1n) is 6.59. The molecule has 118 valence electrons. The average molecular weight is 322 g/mol. The number of ether oxygens (including phenoxy) is 2. The van der Waals surface area contributed by atoms with E-state index in [-0.39, 0.29) is 17.2 Å². The van der Waals surface area contributed by atoms with Crippen LogP contribution in [0.1, 0.15) is 11.1 Å². The Morgan fingerprint density at radius 2 is 1.95 bits per heavy atom. The van der Waals surface area contributed by atoms with Gasteiger partial charge in [-0.1, -0.05) is 6.07 Å². The van der Waals surface area contributed by atoms with E-state index >= 15 is 0 Å². The van der Waals surface area contributed by atoms with E-state index in [0.29, 0.717) is 11.3 Å². The monoisotopic (exact) mass is 322 g/mol. The van der Waals surface area contributed by atoms with E-state index in [2.05, 4.69) is 9.71 Å². The molecule has 1 N–H and O–H groups in total. The molecule has 0 unspecified atom stereocenters. The van der Waals surface area contributed by atoms with Crippen LogP contribution in [0.5, 0.6) is 11.5 Å². The van der Waals surface area contributed by atoms with E-state index < -0.39 is 10.0 Å². The Kier molecular flexibility index (Phi) is 4.99. The summed E-state index contributed by atoms with van der Waals surface area (Å²) in [5, 5.41) is 0. The highest BCUT2D eigenvalue weighted by atomic mass is 32.2. The van der Waals surface area contributed by atoms with Gasteiger partial charge < -0.3 is 9.47 Å². The highest BCUT2D eigenvalue weighted by Gasteiger charge is 2.22. The third-order valence-corrected chi connectivity index (χ3v) is 4.65. The number of sulfonamides is 1. The number of hydrogen-bond acceptors (Lipinski definition) is 5. The van der Waals surface area contributed by atoms with Gasteiger partial charge in [0.25, 0.3) is 0 Å². The Bertz CT molecular complexity index is 746. The van der Waals surface area contributed by atoms with Gasteiger partial charge in [-0.25, -0.2) is 13.1 Å². The van der Waals surface area contributed by atoms with Gasteiger partial charge in [-0.3, -0.25) is 4.98 Å². The first kappa shape index (κ1) is 16.3. The van der Waals surface area contributed by atoms with Gasteiger partial charge in [0.1, 0.15) is 16.4 Å². The molecule has 0 radical (unpaired) electrons. The van der Waals surface area contributed by atoms with Crippen LogP contribution in [0.25, 0.3) is 0 Å². The SMILES string of the molecule is COc1ccc(S(=O)(=O)NCc2cccnc2)c(OC)c1C. The molecule has 1 aromatic heterocycles. The average Bonchev–Trinajstić information content (AvgIpc) is 2.53. The van der Waals surface area contributed by atoms with Crippen LogP contribution in [-0.4, -0.2) is 27.6 Å². The van der Waals surface area contributed by atoms with Gasteiger partial charge in [0.05, 0.1) is 14.2 Å². The van der Waals surface area contributed by atoms with Crippen molar-refractivity contribution in [2.45, 2.75) is 18.4 Å². The number of rotatable bonds is 6. The molecule has 1 aromatic carbocycles. The Hall–Kier alpha value is -2.12. The summed E-state index contributed by atoms with van der Waals surface area (Å²) in [7, 11) is -0.750. The third kappa shape index (κ3) is 3.37. The number of benzene rings is 1.